The first-order chi connectivity index (χ1) is 12.6. The van der Waals surface area contributed by atoms with E-state index < -0.39 is 0 Å². The minimum Gasteiger partial charge on any atom is -0.375 e. The number of ether oxygens (including phenoxy) is 1. The fourth-order valence-corrected chi connectivity index (χ4v) is 2.54. The lowest BCUT2D eigenvalue weighted by atomic mass is 10.2. The molecule has 0 aliphatic carbocycles. The summed E-state index contributed by atoms with van der Waals surface area (Å²) >= 11 is 0. The lowest BCUT2D eigenvalue weighted by Crippen LogP contribution is -2.36. The molecule has 0 atom stereocenters. The molecule has 0 aliphatic heterocycles. The molecule has 2 rings (SSSR count). The Morgan fingerprint density at radius 2 is 1.81 bits per heavy atom. The van der Waals surface area contributed by atoms with Crippen LogP contribution in [0.2, 0.25) is 0 Å². The molecule has 0 saturated heterocycles. The Balaban J connectivity index is 1.87. The topological polar surface area (TPSA) is 70.7 Å². The van der Waals surface area contributed by atoms with Crippen LogP contribution in [0.15, 0.2) is 54.6 Å². The SMILES string of the molecule is CCN(CC(=O)NCc1cccc(NC(=O)COC)c1)c1ccccc1. The van der Waals surface area contributed by atoms with Crippen molar-refractivity contribution in [1.82, 2.24) is 5.32 Å². The molecule has 2 aromatic carbocycles. The second kappa shape index (κ2) is 10.2. The maximum absolute atomic E-state index is 12.3. The van der Waals surface area contributed by atoms with Crippen LogP contribution in [-0.4, -0.2) is 38.6 Å². The van der Waals surface area contributed by atoms with Gasteiger partial charge in [0.15, 0.2) is 0 Å². The zero-order chi connectivity index (χ0) is 18.8. The number of likely N-dealkylation sites (N-methyl/N-ethyl adjacent to an activating group) is 1. The fraction of sp³-hybridized carbons (Fsp3) is 0.300. The van der Waals surface area contributed by atoms with Crippen LogP contribution in [0.5, 0.6) is 0 Å². The minimum absolute atomic E-state index is 0.00724. The maximum Gasteiger partial charge on any atom is 0.250 e. The second-order valence-electron chi connectivity index (χ2n) is 5.81. The first-order valence-corrected chi connectivity index (χ1v) is 8.56. The van der Waals surface area contributed by atoms with Gasteiger partial charge in [-0.15, -0.1) is 0 Å². The third-order valence-electron chi connectivity index (χ3n) is 3.81. The van der Waals surface area contributed by atoms with Crippen LogP contribution in [-0.2, 0) is 20.9 Å². The van der Waals surface area contributed by atoms with E-state index in [1.807, 2.05) is 60.4 Å². The summed E-state index contributed by atoms with van der Waals surface area (Å²) in [5.74, 6) is -0.264. The molecule has 6 heteroatoms. The van der Waals surface area contributed by atoms with E-state index in [0.29, 0.717) is 18.8 Å². The van der Waals surface area contributed by atoms with E-state index in [2.05, 4.69) is 10.6 Å². The number of nitrogens with one attached hydrogen (secondary N) is 2. The predicted octanol–water partition coefficient (Wildman–Crippen LogP) is 2.41. The van der Waals surface area contributed by atoms with E-state index in [9.17, 15) is 9.59 Å². The highest BCUT2D eigenvalue weighted by Crippen LogP contribution is 2.13. The number of hydrogen-bond acceptors (Lipinski definition) is 4. The van der Waals surface area contributed by atoms with E-state index in [0.717, 1.165) is 17.8 Å². The smallest absolute Gasteiger partial charge is 0.250 e. The molecule has 0 bridgehead atoms. The first kappa shape index (κ1) is 19.5. The van der Waals surface area contributed by atoms with Crippen molar-refractivity contribution in [1.29, 1.82) is 0 Å². The molecule has 2 amide bonds. The van der Waals surface area contributed by atoms with Crippen LogP contribution in [0.4, 0.5) is 11.4 Å². The van der Waals surface area contributed by atoms with Gasteiger partial charge in [0.2, 0.25) is 11.8 Å². The summed E-state index contributed by atoms with van der Waals surface area (Å²) in [6.45, 7) is 3.47. The molecule has 2 aromatic rings. The lowest BCUT2D eigenvalue weighted by molar-refractivity contribution is -0.120. The van der Waals surface area contributed by atoms with Gasteiger partial charge in [-0.25, -0.2) is 0 Å². The minimum atomic E-state index is -0.213. The van der Waals surface area contributed by atoms with Crippen molar-refractivity contribution < 1.29 is 14.3 Å². The van der Waals surface area contributed by atoms with Gasteiger partial charge in [-0.2, -0.15) is 0 Å². The quantitative estimate of drug-likeness (QED) is 0.725. The second-order valence-corrected chi connectivity index (χ2v) is 5.81. The molecule has 0 radical (unpaired) electrons. The van der Waals surface area contributed by atoms with Gasteiger partial charge >= 0.3 is 0 Å². The Morgan fingerprint density at radius 3 is 2.50 bits per heavy atom. The monoisotopic (exact) mass is 355 g/mol. The number of amides is 2. The van der Waals surface area contributed by atoms with Gasteiger partial charge in [-0.3, -0.25) is 9.59 Å². The molecule has 0 fully saturated rings. The molecule has 6 nitrogen and oxygen atoms in total. The van der Waals surface area contributed by atoms with Crippen LogP contribution in [0.3, 0.4) is 0 Å². The van der Waals surface area contributed by atoms with Crippen molar-refractivity contribution in [3.05, 3.63) is 60.2 Å². The van der Waals surface area contributed by atoms with Gasteiger partial charge in [-0.05, 0) is 36.8 Å². The molecule has 0 unspecified atom stereocenters. The van der Waals surface area contributed by atoms with Gasteiger partial charge in [0.1, 0.15) is 6.61 Å². The Morgan fingerprint density at radius 1 is 1.04 bits per heavy atom. The Bertz CT molecular complexity index is 719. The lowest BCUT2D eigenvalue weighted by Gasteiger charge is -2.22. The van der Waals surface area contributed by atoms with Crippen LogP contribution in [0.1, 0.15) is 12.5 Å². The van der Waals surface area contributed by atoms with Crippen molar-refractivity contribution in [2.24, 2.45) is 0 Å². The van der Waals surface area contributed by atoms with E-state index in [1.54, 1.807) is 6.07 Å². The van der Waals surface area contributed by atoms with Crippen molar-refractivity contribution in [3.8, 4) is 0 Å². The van der Waals surface area contributed by atoms with Crippen LogP contribution in [0, 0.1) is 0 Å². The Kier molecular flexibility index (Phi) is 7.64. The molecule has 0 saturated carbocycles. The number of rotatable bonds is 9. The number of para-hydroxylation sites is 1. The summed E-state index contributed by atoms with van der Waals surface area (Å²) in [4.78, 5) is 25.8. The predicted molar refractivity (Wildman–Crippen MR) is 103 cm³/mol. The van der Waals surface area contributed by atoms with E-state index in [1.165, 1.54) is 7.11 Å². The molecule has 0 heterocycles. The molecule has 26 heavy (non-hydrogen) atoms. The summed E-state index contributed by atoms with van der Waals surface area (Å²) in [6.07, 6.45) is 0. The van der Waals surface area contributed by atoms with Gasteiger partial charge in [0.05, 0.1) is 6.54 Å². The fourth-order valence-electron chi connectivity index (χ4n) is 2.54. The summed E-state index contributed by atoms with van der Waals surface area (Å²) < 4.78 is 4.80. The molecular formula is C20H25N3O3. The van der Waals surface area contributed by atoms with E-state index in [-0.39, 0.29) is 18.4 Å². The highest BCUT2D eigenvalue weighted by Gasteiger charge is 2.10. The number of carbonyl (C=O) groups excluding carboxylic acids is 2. The van der Waals surface area contributed by atoms with Gasteiger partial charge in [0, 0.05) is 31.6 Å². The number of nitrogens with zero attached hydrogens (tertiary/aromatic N) is 1. The summed E-state index contributed by atoms with van der Waals surface area (Å²) in [7, 11) is 1.47. The number of anilines is 2. The molecule has 2 N–H and O–H groups in total. The van der Waals surface area contributed by atoms with Gasteiger partial charge in [-0.1, -0.05) is 30.3 Å². The maximum atomic E-state index is 12.3. The van der Waals surface area contributed by atoms with Crippen LogP contribution < -0.4 is 15.5 Å². The zero-order valence-corrected chi connectivity index (χ0v) is 15.2. The Hall–Kier alpha value is -2.86. The molecular weight excluding hydrogens is 330 g/mol. The van der Waals surface area contributed by atoms with Crippen molar-refractivity contribution in [2.75, 3.05) is 37.0 Å². The summed E-state index contributed by atoms with van der Waals surface area (Å²) in [5.41, 5.74) is 2.61. The zero-order valence-electron chi connectivity index (χ0n) is 15.2. The molecule has 0 aromatic heterocycles. The average molecular weight is 355 g/mol. The standard InChI is InChI=1S/C20H25N3O3/c1-3-23(18-10-5-4-6-11-18)14-19(24)21-13-16-8-7-9-17(12-16)22-20(25)15-26-2/h4-12H,3,13-15H2,1-2H3,(H,21,24)(H,22,25). The van der Waals surface area contributed by atoms with Crippen LogP contribution in [0.25, 0.3) is 0 Å². The largest absolute Gasteiger partial charge is 0.375 e. The first-order valence-electron chi connectivity index (χ1n) is 8.56. The molecule has 0 spiro atoms. The summed E-state index contributed by atoms with van der Waals surface area (Å²) in [6, 6.07) is 17.2. The average Bonchev–Trinajstić information content (AvgIpc) is 2.65. The third-order valence-corrected chi connectivity index (χ3v) is 3.81. The van der Waals surface area contributed by atoms with E-state index >= 15 is 0 Å². The van der Waals surface area contributed by atoms with Crippen molar-refractivity contribution >= 4 is 23.2 Å². The van der Waals surface area contributed by atoms with Gasteiger partial charge < -0.3 is 20.3 Å². The van der Waals surface area contributed by atoms with Crippen molar-refractivity contribution in [2.45, 2.75) is 13.5 Å². The number of carbonyl (C=O) groups is 2. The van der Waals surface area contributed by atoms with Crippen LogP contribution >= 0.6 is 0 Å². The number of hydrogen-bond donors (Lipinski definition) is 2. The van der Waals surface area contributed by atoms with E-state index in [4.69, 9.17) is 4.74 Å². The molecule has 0 aliphatic rings. The third kappa shape index (κ3) is 6.22. The van der Waals surface area contributed by atoms with Crippen molar-refractivity contribution in [3.63, 3.8) is 0 Å². The Labute approximate surface area is 154 Å². The highest BCUT2D eigenvalue weighted by molar-refractivity contribution is 5.91. The number of benzene rings is 2. The normalized spacial score (nSPS) is 10.2. The van der Waals surface area contributed by atoms with Gasteiger partial charge in [0.25, 0.3) is 0 Å². The summed E-state index contributed by atoms with van der Waals surface area (Å²) in [5, 5.41) is 5.67. The highest BCUT2D eigenvalue weighted by atomic mass is 16.5. The molecule has 138 valence electrons. The number of methoxy groups -OCH3 is 1.